The van der Waals surface area contributed by atoms with Crippen molar-refractivity contribution >= 4 is 17.9 Å². The smallest absolute Gasteiger partial charge is 0.224 e. The molecule has 6 nitrogen and oxygen atoms in total. The highest BCUT2D eigenvalue weighted by atomic mass is 16.4. The lowest BCUT2D eigenvalue weighted by molar-refractivity contribution is -0.116. The predicted octanol–water partition coefficient (Wildman–Crippen LogP) is 1.90. The van der Waals surface area contributed by atoms with Gasteiger partial charge in [0.25, 0.3) is 0 Å². The number of carbonyl (C=O) groups excluding carboxylic acids is 1. The van der Waals surface area contributed by atoms with E-state index in [2.05, 4.69) is 28.4 Å². The van der Waals surface area contributed by atoms with Crippen LogP contribution in [0.25, 0.3) is 0 Å². The number of hydrogen-bond acceptors (Lipinski definition) is 4. The second-order valence-electron chi connectivity index (χ2n) is 4.10. The van der Waals surface area contributed by atoms with Gasteiger partial charge in [0, 0.05) is 18.7 Å². The summed E-state index contributed by atoms with van der Waals surface area (Å²) < 4.78 is 0. The number of benzene rings is 1. The van der Waals surface area contributed by atoms with Crippen LogP contribution < -0.4 is 16.4 Å². The highest BCUT2D eigenvalue weighted by Crippen LogP contribution is 2.15. The van der Waals surface area contributed by atoms with Gasteiger partial charge >= 0.3 is 0 Å². The number of para-hydroxylation sites is 1. The molecule has 0 saturated carbocycles. The van der Waals surface area contributed by atoms with Crippen molar-refractivity contribution in [1.82, 2.24) is 5.32 Å². The summed E-state index contributed by atoms with van der Waals surface area (Å²) >= 11 is 0. The molecule has 0 saturated heterocycles. The molecule has 0 heterocycles. The third kappa shape index (κ3) is 8.10. The highest BCUT2D eigenvalue weighted by Gasteiger charge is 2.04. The molecular formula is C14H24N4O2. The molecule has 0 spiro atoms. The topological polar surface area (TPSA) is 99.7 Å². The normalized spacial score (nSPS) is 9.90. The van der Waals surface area contributed by atoms with Crippen molar-refractivity contribution in [3.05, 3.63) is 29.8 Å². The molecule has 0 unspecified atom stereocenters. The first-order valence-electron chi connectivity index (χ1n) is 6.59. The number of amides is 1. The Balaban J connectivity index is 0.000000796. The van der Waals surface area contributed by atoms with Crippen LogP contribution in [-0.2, 0) is 11.3 Å². The molecule has 1 aromatic rings. The van der Waals surface area contributed by atoms with Crippen LogP contribution >= 0.6 is 0 Å². The third-order valence-electron chi connectivity index (χ3n) is 2.48. The number of nitrogens with one attached hydrogen (secondary N) is 2. The minimum absolute atomic E-state index is 0.102. The van der Waals surface area contributed by atoms with Gasteiger partial charge in [-0.25, -0.2) is 0 Å². The molecule has 1 aromatic carbocycles. The van der Waals surface area contributed by atoms with Crippen LogP contribution in [0.15, 0.2) is 29.4 Å². The van der Waals surface area contributed by atoms with Gasteiger partial charge in [0.05, 0.1) is 0 Å². The molecular weight excluding hydrogens is 256 g/mol. The van der Waals surface area contributed by atoms with Crippen molar-refractivity contribution in [3.63, 3.8) is 0 Å². The van der Waals surface area contributed by atoms with E-state index in [0.717, 1.165) is 37.0 Å². The fourth-order valence-corrected chi connectivity index (χ4v) is 1.54. The average molecular weight is 280 g/mol. The zero-order chi connectivity index (χ0) is 15.2. The Bertz CT molecular complexity index is 404. The molecule has 0 radical (unpaired) electrons. The minimum atomic E-state index is 0.102. The first kappa shape index (κ1) is 17.9. The molecule has 1 amide bonds. The lowest BCUT2D eigenvalue weighted by atomic mass is 10.1. The van der Waals surface area contributed by atoms with E-state index in [-0.39, 0.29) is 5.91 Å². The lowest BCUT2D eigenvalue weighted by Crippen LogP contribution is -2.14. The molecule has 0 atom stereocenters. The molecule has 0 aliphatic carbocycles. The predicted molar refractivity (Wildman–Crippen MR) is 81.8 cm³/mol. The second-order valence-corrected chi connectivity index (χ2v) is 4.10. The third-order valence-corrected chi connectivity index (χ3v) is 2.48. The van der Waals surface area contributed by atoms with E-state index >= 15 is 0 Å². The van der Waals surface area contributed by atoms with Gasteiger partial charge in [0.1, 0.15) is 6.34 Å². The van der Waals surface area contributed by atoms with Crippen molar-refractivity contribution in [2.75, 3.05) is 12.4 Å². The van der Waals surface area contributed by atoms with Crippen molar-refractivity contribution in [2.45, 2.75) is 32.7 Å². The van der Waals surface area contributed by atoms with Crippen LogP contribution in [0.4, 0.5) is 5.69 Å². The van der Waals surface area contributed by atoms with E-state index in [1.54, 1.807) is 0 Å². The van der Waals surface area contributed by atoms with Gasteiger partial charge in [-0.15, -0.1) is 0 Å². The zero-order valence-corrected chi connectivity index (χ0v) is 12.1. The van der Waals surface area contributed by atoms with Crippen LogP contribution in [0.5, 0.6) is 0 Å². The van der Waals surface area contributed by atoms with E-state index in [1.165, 1.54) is 0 Å². The quantitative estimate of drug-likeness (QED) is 0.277. The van der Waals surface area contributed by atoms with Gasteiger partial charge in [-0.05, 0) is 25.1 Å². The summed E-state index contributed by atoms with van der Waals surface area (Å²) in [5, 5.41) is 15.7. The maximum Gasteiger partial charge on any atom is 0.224 e. The maximum absolute atomic E-state index is 11.6. The number of nitrogens with zero attached hydrogens (tertiary/aromatic N) is 1. The molecule has 0 aliphatic heterocycles. The molecule has 112 valence electrons. The van der Waals surface area contributed by atoms with Gasteiger partial charge in [-0.2, -0.15) is 0 Å². The van der Waals surface area contributed by atoms with Gasteiger partial charge in [0.15, 0.2) is 0 Å². The zero-order valence-electron chi connectivity index (χ0n) is 12.1. The maximum atomic E-state index is 11.6. The summed E-state index contributed by atoms with van der Waals surface area (Å²) in [5.41, 5.74) is 6.52. The van der Waals surface area contributed by atoms with E-state index < -0.39 is 0 Å². The Morgan fingerprint density at radius 1 is 1.45 bits per heavy atom. The fraction of sp³-hybridized carbons (Fsp3) is 0.429. The van der Waals surface area contributed by atoms with E-state index in [4.69, 9.17) is 5.21 Å². The number of anilines is 1. The molecule has 20 heavy (non-hydrogen) atoms. The summed E-state index contributed by atoms with van der Waals surface area (Å²) in [6, 6.07) is 7.88. The first-order valence-corrected chi connectivity index (χ1v) is 6.59. The molecule has 5 N–H and O–H groups in total. The van der Waals surface area contributed by atoms with E-state index in [0.29, 0.717) is 6.42 Å². The standard InChI is InChI=1S/C13H20N2O.CH4N2O/c1-3-4-9-13(16)15-12-8-6-5-7-11(12)10-14-2;2-1-3-4/h5-8,14H,3-4,9-10H2,1-2H3,(H,15,16);1,4H,(H2,2,3). The average Bonchev–Trinajstić information content (AvgIpc) is 2.47. The Kier molecular flexibility index (Phi) is 10.7. The molecule has 1 rings (SSSR count). The lowest BCUT2D eigenvalue weighted by Gasteiger charge is -2.10. The molecule has 0 aliphatic rings. The fourth-order valence-electron chi connectivity index (χ4n) is 1.54. The first-order chi connectivity index (χ1) is 9.69. The largest absolute Gasteiger partial charge is 0.410 e. The molecule has 0 aromatic heterocycles. The van der Waals surface area contributed by atoms with E-state index in [1.807, 2.05) is 31.3 Å². The summed E-state index contributed by atoms with van der Waals surface area (Å²) in [6.07, 6.45) is 3.40. The Labute approximate surface area is 120 Å². The summed E-state index contributed by atoms with van der Waals surface area (Å²) in [6.45, 7) is 2.85. The van der Waals surface area contributed by atoms with Crippen LogP contribution in [0.1, 0.15) is 31.7 Å². The Morgan fingerprint density at radius 2 is 2.10 bits per heavy atom. The van der Waals surface area contributed by atoms with Gasteiger partial charge in [-0.1, -0.05) is 36.7 Å². The van der Waals surface area contributed by atoms with Crippen LogP contribution in [0.3, 0.4) is 0 Å². The molecule has 0 bridgehead atoms. The number of carbonyl (C=O) groups is 1. The van der Waals surface area contributed by atoms with Crippen LogP contribution in [0.2, 0.25) is 0 Å². The highest BCUT2D eigenvalue weighted by molar-refractivity contribution is 5.91. The van der Waals surface area contributed by atoms with Crippen molar-refractivity contribution in [2.24, 2.45) is 10.9 Å². The van der Waals surface area contributed by atoms with Gasteiger partial charge in [0.2, 0.25) is 5.91 Å². The number of unbranched alkanes of at least 4 members (excludes halogenated alkanes) is 1. The van der Waals surface area contributed by atoms with Gasteiger partial charge in [-0.3, -0.25) is 4.79 Å². The Morgan fingerprint density at radius 3 is 2.65 bits per heavy atom. The van der Waals surface area contributed by atoms with Crippen LogP contribution in [-0.4, -0.2) is 24.5 Å². The number of nitrogens with two attached hydrogens (primary N) is 1. The monoisotopic (exact) mass is 280 g/mol. The second kappa shape index (κ2) is 12.0. The Hall–Kier alpha value is -2.08. The van der Waals surface area contributed by atoms with Crippen molar-refractivity contribution in [3.8, 4) is 0 Å². The number of oxime groups is 1. The van der Waals surface area contributed by atoms with Gasteiger partial charge < -0.3 is 21.6 Å². The minimum Gasteiger partial charge on any atom is -0.410 e. The van der Waals surface area contributed by atoms with E-state index in [9.17, 15) is 4.79 Å². The summed E-state index contributed by atoms with van der Waals surface area (Å²) in [7, 11) is 1.90. The van der Waals surface area contributed by atoms with Crippen LogP contribution in [0, 0.1) is 0 Å². The number of hydrogen-bond donors (Lipinski definition) is 4. The summed E-state index contributed by atoms with van der Waals surface area (Å²) in [4.78, 5) is 11.6. The molecule has 0 fully saturated rings. The SMILES string of the molecule is CCCCC(=O)Nc1ccccc1CNC.N/C=N\O. The van der Waals surface area contributed by atoms with Crippen molar-refractivity contribution in [1.29, 1.82) is 0 Å². The summed E-state index contributed by atoms with van der Waals surface area (Å²) in [5.74, 6) is 0.102. The molecule has 6 heteroatoms. The number of rotatable bonds is 6. The van der Waals surface area contributed by atoms with Crippen molar-refractivity contribution < 1.29 is 10.0 Å².